The van der Waals surface area contributed by atoms with Gasteiger partial charge >= 0.3 is 0 Å². The molecule has 0 saturated carbocycles. The third kappa shape index (κ3) is 3.78. The van der Waals surface area contributed by atoms with Crippen LogP contribution in [0.1, 0.15) is 25.2 Å². The van der Waals surface area contributed by atoms with Gasteiger partial charge in [-0.2, -0.15) is 9.40 Å². The van der Waals surface area contributed by atoms with Crippen molar-refractivity contribution in [3.8, 4) is 0 Å². The van der Waals surface area contributed by atoms with Crippen LogP contribution in [0.3, 0.4) is 0 Å². The van der Waals surface area contributed by atoms with Crippen LogP contribution in [0.15, 0.2) is 4.90 Å². The molecule has 1 aromatic heterocycles. The fraction of sp³-hybridized carbons (Fsp3) is 0.750. The van der Waals surface area contributed by atoms with E-state index in [0.717, 1.165) is 0 Å². The van der Waals surface area contributed by atoms with Gasteiger partial charge in [0.2, 0.25) is 10.0 Å². The SMILES string of the molecule is CCOCCN(CC)S(=O)(=O)c1c(CNC)n[nH]c1C. The first kappa shape index (κ1) is 17.1. The lowest BCUT2D eigenvalue weighted by Gasteiger charge is -2.20. The molecule has 0 atom stereocenters. The Hall–Kier alpha value is -0.960. The monoisotopic (exact) mass is 304 g/mol. The van der Waals surface area contributed by atoms with Crippen LogP contribution >= 0.6 is 0 Å². The maximum absolute atomic E-state index is 12.7. The summed E-state index contributed by atoms with van der Waals surface area (Å²) in [5.74, 6) is 0. The third-order valence-corrected chi connectivity index (χ3v) is 5.12. The average Bonchev–Trinajstić information content (AvgIpc) is 2.76. The van der Waals surface area contributed by atoms with Gasteiger partial charge < -0.3 is 10.1 Å². The first-order valence-electron chi connectivity index (χ1n) is 6.75. The summed E-state index contributed by atoms with van der Waals surface area (Å²) in [6.45, 7) is 7.54. The summed E-state index contributed by atoms with van der Waals surface area (Å²) < 4.78 is 32.1. The van der Waals surface area contributed by atoms with E-state index in [0.29, 0.717) is 44.2 Å². The smallest absolute Gasteiger partial charge is 0.246 e. The van der Waals surface area contributed by atoms with E-state index in [-0.39, 0.29) is 4.90 Å². The van der Waals surface area contributed by atoms with E-state index in [1.165, 1.54) is 4.31 Å². The Bertz CT molecular complexity index is 513. The van der Waals surface area contributed by atoms with Gasteiger partial charge in [-0.15, -0.1) is 0 Å². The zero-order valence-corrected chi connectivity index (χ0v) is 13.4. The Labute approximate surface area is 120 Å². The number of ether oxygens (including phenoxy) is 1. The summed E-state index contributed by atoms with van der Waals surface area (Å²) in [5, 5.41) is 9.74. The zero-order chi connectivity index (χ0) is 15.2. The van der Waals surface area contributed by atoms with Gasteiger partial charge in [0.1, 0.15) is 4.90 Å². The average molecular weight is 304 g/mol. The molecule has 7 nitrogen and oxygen atoms in total. The van der Waals surface area contributed by atoms with Crippen molar-refractivity contribution in [3.63, 3.8) is 0 Å². The highest BCUT2D eigenvalue weighted by molar-refractivity contribution is 7.89. The number of hydrogen-bond donors (Lipinski definition) is 2. The van der Waals surface area contributed by atoms with E-state index in [1.54, 1.807) is 14.0 Å². The standard InChI is InChI=1S/C12H24N4O3S/c1-5-16(7-8-19-6-2)20(17,18)12-10(3)14-15-11(12)9-13-4/h13H,5-9H2,1-4H3,(H,14,15). The largest absolute Gasteiger partial charge is 0.380 e. The van der Waals surface area contributed by atoms with Gasteiger partial charge in [-0.3, -0.25) is 5.10 Å². The number of likely N-dealkylation sites (N-methyl/N-ethyl adjacent to an activating group) is 1. The molecule has 0 aliphatic rings. The van der Waals surface area contributed by atoms with Crippen LogP contribution in [0.4, 0.5) is 0 Å². The molecule has 1 aromatic rings. The highest BCUT2D eigenvalue weighted by Gasteiger charge is 2.29. The normalized spacial score (nSPS) is 12.2. The molecular formula is C12H24N4O3S. The second-order valence-corrected chi connectivity index (χ2v) is 6.22. The number of aromatic nitrogens is 2. The van der Waals surface area contributed by atoms with E-state index in [2.05, 4.69) is 15.5 Å². The van der Waals surface area contributed by atoms with Crippen LogP contribution < -0.4 is 5.32 Å². The van der Waals surface area contributed by atoms with Crippen LogP contribution in [0.5, 0.6) is 0 Å². The molecular weight excluding hydrogens is 280 g/mol. The molecule has 0 aliphatic heterocycles. The summed E-state index contributed by atoms with van der Waals surface area (Å²) in [5.41, 5.74) is 1.07. The molecule has 0 saturated heterocycles. The summed E-state index contributed by atoms with van der Waals surface area (Å²) >= 11 is 0. The molecule has 2 N–H and O–H groups in total. The van der Waals surface area contributed by atoms with Gasteiger partial charge in [0.25, 0.3) is 0 Å². The number of H-pyrrole nitrogens is 1. The Morgan fingerprint density at radius 3 is 2.65 bits per heavy atom. The maximum atomic E-state index is 12.7. The first-order chi connectivity index (χ1) is 9.48. The van der Waals surface area contributed by atoms with Crippen molar-refractivity contribution >= 4 is 10.0 Å². The summed E-state index contributed by atoms with van der Waals surface area (Å²) in [6, 6.07) is 0. The predicted octanol–water partition coefficient (Wildman–Crippen LogP) is 0.485. The quantitative estimate of drug-likeness (QED) is 0.648. The van der Waals surface area contributed by atoms with E-state index < -0.39 is 10.0 Å². The molecule has 0 bridgehead atoms. The molecule has 0 radical (unpaired) electrons. The molecule has 0 unspecified atom stereocenters. The minimum atomic E-state index is -3.55. The number of rotatable bonds is 9. The lowest BCUT2D eigenvalue weighted by Crippen LogP contribution is -2.34. The predicted molar refractivity (Wildman–Crippen MR) is 77.0 cm³/mol. The molecule has 0 aliphatic carbocycles. The topological polar surface area (TPSA) is 87.3 Å². The van der Waals surface area contributed by atoms with Crippen LogP contribution in [-0.2, 0) is 21.3 Å². The van der Waals surface area contributed by atoms with Gasteiger partial charge in [-0.1, -0.05) is 6.92 Å². The second kappa shape index (κ2) is 7.72. The van der Waals surface area contributed by atoms with Crippen molar-refractivity contribution in [1.29, 1.82) is 0 Å². The fourth-order valence-electron chi connectivity index (χ4n) is 1.99. The van der Waals surface area contributed by atoms with Crippen molar-refractivity contribution < 1.29 is 13.2 Å². The molecule has 1 heterocycles. The van der Waals surface area contributed by atoms with Crippen molar-refractivity contribution in [1.82, 2.24) is 19.8 Å². The van der Waals surface area contributed by atoms with Crippen LogP contribution in [-0.4, -0.2) is 56.3 Å². The van der Waals surface area contributed by atoms with E-state index >= 15 is 0 Å². The van der Waals surface area contributed by atoms with Crippen molar-refractivity contribution in [2.45, 2.75) is 32.2 Å². The van der Waals surface area contributed by atoms with Crippen LogP contribution in [0.2, 0.25) is 0 Å². The van der Waals surface area contributed by atoms with Crippen molar-refractivity contribution in [3.05, 3.63) is 11.4 Å². The van der Waals surface area contributed by atoms with Crippen LogP contribution in [0.25, 0.3) is 0 Å². The minimum absolute atomic E-state index is 0.269. The van der Waals surface area contributed by atoms with Gasteiger partial charge in [0.15, 0.2) is 0 Å². The number of aryl methyl sites for hydroxylation is 1. The van der Waals surface area contributed by atoms with Gasteiger partial charge in [0, 0.05) is 26.2 Å². The Kier molecular flexibility index (Phi) is 6.60. The molecule has 8 heteroatoms. The molecule has 0 amide bonds. The molecule has 0 spiro atoms. The molecule has 116 valence electrons. The maximum Gasteiger partial charge on any atom is 0.246 e. The highest BCUT2D eigenvalue weighted by Crippen LogP contribution is 2.22. The molecule has 20 heavy (non-hydrogen) atoms. The van der Waals surface area contributed by atoms with Crippen molar-refractivity contribution in [2.75, 3.05) is 33.4 Å². The summed E-state index contributed by atoms with van der Waals surface area (Å²) in [4.78, 5) is 0.269. The highest BCUT2D eigenvalue weighted by atomic mass is 32.2. The Morgan fingerprint density at radius 2 is 2.10 bits per heavy atom. The third-order valence-electron chi connectivity index (χ3n) is 2.95. The second-order valence-electron chi connectivity index (χ2n) is 4.35. The Balaban J connectivity index is 3.04. The number of hydrogen-bond acceptors (Lipinski definition) is 5. The molecule has 0 aromatic carbocycles. The van der Waals surface area contributed by atoms with E-state index in [9.17, 15) is 8.42 Å². The minimum Gasteiger partial charge on any atom is -0.380 e. The number of sulfonamides is 1. The van der Waals surface area contributed by atoms with Gasteiger partial charge in [0.05, 0.1) is 18.0 Å². The zero-order valence-electron chi connectivity index (χ0n) is 12.6. The fourth-order valence-corrected chi connectivity index (χ4v) is 3.75. The number of nitrogens with zero attached hydrogens (tertiary/aromatic N) is 2. The molecule has 0 fully saturated rings. The lowest BCUT2D eigenvalue weighted by atomic mass is 10.4. The van der Waals surface area contributed by atoms with E-state index in [4.69, 9.17) is 4.74 Å². The Morgan fingerprint density at radius 1 is 1.40 bits per heavy atom. The van der Waals surface area contributed by atoms with Crippen LogP contribution in [0, 0.1) is 6.92 Å². The van der Waals surface area contributed by atoms with Gasteiger partial charge in [-0.25, -0.2) is 8.42 Å². The summed E-state index contributed by atoms with van der Waals surface area (Å²) in [6.07, 6.45) is 0. The molecule has 1 rings (SSSR count). The lowest BCUT2D eigenvalue weighted by molar-refractivity contribution is 0.135. The first-order valence-corrected chi connectivity index (χ1v) is 8.19. The van der Waals surface area contributed by atoms with E-state index in [1.807, 2.05) is 13.8 Å². The number of aromatic amines is 1. The number of nitrogens with one attached hydrogen (secondary N) is 2. The summed E-state index contributed by atoms with van der Waals surface area (Å²) in [7, 11) is -1.80. The van der Waals surface area contributed by atoms with Gasteiger partial charge in [-0.05, 0) is 20.9 Å². The van der Waals surface area contributed by atoms with Crippen molar-refractivity contribution in [2.24, 2.45) is 0 Å².